The Hall–Kier alpha value is -3.55. The molecule has 0 bridgehead atoms. The molecule has 0 aliphatic rings. The Bertz CT molecular complexity index is 968. The third kappa shape index (κ3) is 4.40. The monoisotopic (exact) mass is 382 g/mol. The van der Waals surface area contributed by atoms with E-state index in [4.69, 9.17) is 14.0 Å². The molecule has 0 fully saturated rings. The van der Waals surface area contributed by atoms with Gasteiger partial charge in [0.15, 0.2) is 0 Å². The SMILES string of the molecule is COc1ccc(-c2nc(-c3cccc(NC(=O)NC(C)C)c3)no2)c(OC)c1. The second-order valence-corrected chi connectivity index (χ2v) is 6.32. The number of anilines is 1. The summed E-state index contributed by atoms with van der Waals surface area (Å²) in [6, 6.07) is 12.3. The lowest BCUT2D eigenvalue weighted by Gasteiger charge is -2.10. The van der Waals surface area contributed by atoms with Gasteiger partial charge in [-0.2, -0.15) is 4.98 Å². The van der Waals surface area contributed by atoms with E-state index in [-0.39, 0.29) is 12.1 Å². The highest BCUT2D eigenvalue weighted by Crippen LogP contribution is 2.33. The van der Waals surface area contributed by atoms with E-state index < -0.39 is 0 Å². The number of rotatable bonds is 6. The molecule has 0 saturated carbocycles. The minimum Gasteiger partial charge on any atom is -0.497 e. The third-order valence-electron chi connectivity index (χ3n) is 3.86. The van der Waals surface area contributed by atoms with Crippen LogP contribution in [-0.2, 0) is 0 Å². The van der Waals surface area contributed by atoms with Gasteiger partial charge in [0.1, 0.15) is 11.5 Å². The lowest BCUT2D eigenvalue weighted by molar-refractivity contribution is 0.250. The third-order valence-corrected chi connectivity index (χ3v) is 3.86. The average molecular weight is 382 g/mol. The van der Waals surface area contributed by atoms with Crippen LogP contribution in [0.1, 0.15) is 13.8 Å². The molecule has 0 aliphatic heterocycles. The summed E-state index contributed by atoms with van der Waals surface area (Å²) in [5, 5.41) is 9.61. The molecule has 0 unspecified atom stereocenters. The summed E-state index contributed by atoms with van der Waals surface area (Å²) in [7, 11) is 3.15. The van der Waals surface area contributed by atoms with E-state index >= 15 is 0 Å². The highest BCUT2D eigenvalue weighted by molar-refractivity contribution is 5.90. The molecule has 2 aromatic carbocycles. The fourth-order valence-electron chi connectivity index (χ4n) is 2.59. The average Bonchev–Trinajstić information content (AvgIpc) is 3.17. The lowest BCUT2D eigenvalue weighted by atomic mass is 10.1. The van der Waals surface area contributed by atoms with E-state index in [1.165, 1.54) is 0 Å². The second-order valence-electron chi connectivity index (χ2n) is 6.32. The van der Waals surface area contributed by atoms with Gasteiger partial charge in [0.05, 0.1) is 19.8 Å². The smallest absolute Gasteiger partial charge is 0.319 e. The van der Waals surface area contributed by atoms with Gasteiger partial charge < -0.3 is 24.6 Å². The number of ether oxygens (including phenoxy) is 2. The van der Waals surface area contributed by atoms with Crippen molar-refractivity contribution in [2.75, 3.05) is 19.5 Å². The van der Waals surface area contributed by atoms with Crippen molar-refractivity contribution in [1.29, 1.82) is 0 Å². The normalized spacial score (nSPS) is 10.6. The molecule has 2 N–H and O–H groups in total. The first kappa shape index (κ1) is 19.2. The number of hydrogen-bond donors (Lipinski definition) is 2. The topological polar surface area (TPSA) is 98.5 Å². The predicted molar refractivity (Wildman–Crippen MR) is 106 cm³/mol. The number of nitrogens with one attached hydrogen (secondary N) is 2. The van der Waals surface area contributed by atoms with E-state index in [2.05, 4.69) is 20.8 Å². The largest absolute Gasteiger partial charge is 0.497 e. The van der Waals surface area contributed by atoms with Crippen molar-refractivity contribution >= 4 is 11.7 Å². The summed E-state index contributed by atoms with van der Waals surface area (Å²) in [4.78, 5) is 16.3. The molecule has 28 heavy (non-hydrogen) atoms. The lowest BCUT2D eigenvalue weighted by Crippen LogP contribution is -2.34. The predicted octanol–water partition coefficient (Wildman–Crippen LogP) is 3.95. The summed E-state index contributed by atoms with van der Waals surface area (Å²) in [6.07, 6.45) is 0. The maximum atomic E-state index is 11.9. The Labute approximate surface area is 162 Å². The van der Waals surface area contributed by atoms with Crippen molar-refractivity contribution < 1.29 is 18.8 Å². The van der Waals surface area contributed by atoms with Crippen LogP contribution in [0.4, 0.5) is 10.5 Å². The molecule has 1 heterocycles. The van der Waals surface area contributed by atoms with Crippen LogP contribution in [0, 0.1) is 0 Å². The Morgan fingerprint density at radius 3 is 2.64 bits per heavy atom. The quantitative estimate of drug-likeness (QED) is 0.670. The molecule has 1 aromatic heterocycles. The van der Waals surface area contributed by atoms with Crippen molar-refractivity contribution in [3.05, 3.63) is 42.5 Å². The minimum absolute atomic E-state index is 0.0439. The first-order valence-electron chi connectivity index (χ1n) is 8.74. The number of urea groups is 1. The molecule has 0 radical (unpaired) electrons. The molecule has 8 heteroatoms. The zero-order valence-electron chi connectivity index (χ0n) is 16.1. The maximum absolute atomic E-state index is 11.9. The van der Waals surface area contributed by atoms with Gasteiger partial charge in [-0.15, -0.1) is 0 Å². The number of methoxy groups -OCH3 is 2. The van der Waals surface area contributed by atoms with Gasteiger partial charge in [-0.1, -0.05) is 17.3 Å². The summed E-state index contributed by atoms with van der Waals surface area (Å²) in [5.41, 5.74) is 2.00. The molecule has 3 rings (SSSR count). The Balaban J connectivity index is 1.85. The summed E-state index contributed by atoms with van der Waals surface area (Å²) in [5.74, 6) is 1.96. The first-order valence-corrected chi connectivity index (χ1v) is 8.74. The Morgan fingerprint density at radius 2 is 1.93 bits per heavy atom. The van der Waals surface area contributed by atoms with Gasteiger partial charge in [-0.05, 0) is 38.1 Å². The van der Waals surface area contributed by atoms with E-state index in [9.17, 15) is 4.79 Å². The number of carbonyl (C=O) groups is 1. The van der Waals surface area contributed by atoms with Crippen LogP contribution < -0.4 is 20.1 Å². The summed E-state index contributed by atoms with van der Waals surface area (Å²) >= 11 is 0. The molecule has 2 amide bonds. The number of aromatic nitrogens is 2. The maximum Gasteiger partial charge on any atom is 0.319 e. The van der Waals surface area contributed by atoms with Crippen molar-refractivity contribution in [3.8, 4) is 34.3 Å². The van der Waals surface area contributed by atoms with E-state index in [0.29, 0.717) is 40.0 Å². The van der Waals surface area contributed by atoms with Crippen molar-refractivity contribution in [1.82, 2.24) is 15.5 Å². The first-order chi connectivity index (χ1) is 13.5. The van der Waals surface area contributed by atoms with Gasteiger partial charge in [-0.25, -0.2) is 4.79 Å². The highest BCUT2D eigenvalue weighted by Gasteiger charge is 2.16. The van der Waals surface area contributed by atoms with Crippen molar-refractivity contribution in [2.45, 2.75) is 19.9 Å². The van der Waals surface area contributed by atoms with Gasteiger partial charge in [-0.3, -0.25) is 0 Å². The van der Waals surface area contributed by atoms with Crippen LogP contribution in [0.5, 0.6) is 11.5 Å². The zero-order valence-corrected chi connectivity index (χ0v) is 16.1. The van der Waals surface area contributed by atoms with Crippen molar-refractivity contribution in [2.24, 2.45) is 0 Å². The molecule has 146 valence electrons. The number of nitrogens with zero attached hydrogens (tertiary/aromatic N) is 2. The fourth-order valence-corrected chi connectivity index (χ4v) is 2.59. The van der Waals surface area contributed by atoms with Crippen LogP contribution in [0.3, 0.4) is 0 Å². The molecule has 0 aliphatic carbocycles. The molecule has 0 atom stereocenters. The molecular formula is C20H22N4O4. The van der Waals surface area contributed by atoms with Gasteiger partial charge in [0.25, 0.3) is 5.89 Å². The summed E-state index contributed by atoms with van der Waals surface area (Å²) < 4.78 is 16.0. The zero-order chi connectivity index (χ0) is 20.1. The van der Waals surface area contributed by atoms with Crippen LogP contribution in [0.2, 0.25) is 0 Å². The summed E-state index contributed by atoms with van der Waals surface area (Å²) in [6.45, 7) is 3.79. The number of hydrogen-bond acceptors (Lipinski definition) is 6. The molecule has 8 nitrogen and oxygen atoms in total. The molecule has 3 aromatic rings. The van der Waals surface area contributed by atoms with Gasteiger partial charge in [0, 0.05) is 23.4 Å². The molecular weight excluding hydrogens is 360 g/mol. The number of carbonyl (C=O) groups excluding carboxylic acids is 1. The van der Waals surface area contributed by atoms with Crippen LogP contribution in [0.15, 0.2) is 47.0 Å². The van der Waals surface area contributed by atoms with Crippen LogP contribution in [-0.4, -0.2) is 36.4 Å². The van der Waals surface area contributed by atoms with E-state index in [1.54, 1.807) is 44.6 Å². The standard InChI is InChI=1S/C20H22N4O4/c1-12(2)21-20(25)22-14-7-5-6-13(10-14)18-23-19(28-24-18)16-9-8-15(26-3)11-17(16)27-4/h5-12H,1-4H3,(H2,21,22,25). The van der Waals surface area contributed by atoms with Crippen LogP contribution >= 0.6 is 0 Å². The molecule has 0 saturated heterocycles. The van der Waals surface area contributed by atoms with Gasteiger partial charge in [0.2, 0.25) is 5.82 Å². The van der Waals surface area contributed by atoms with E-state index in [0.717, 1.165) is 0 Å². The van der Waals surface area contributed by atoms with Crippen molar-refractivity contribution in [3.63, 3.8) is 0 Å². The molecule has 0 spiro atoms. The Kier molecular flexibility index (Phi) is 5.78. The second kappa shape index (κ2) is 8.43. The Morgan fingerprint density at radius 1 is 1.11 bits per heavy atom. The number of amides is 2. The highest BCUT2D eigenvalue weighted by atomic mass is 16.5. The minimum atomic E-state index is -0.274. The van der Waals surface area contributed by atoms with Gasteiger partial charge >= 0.3 is 6.03 Å². The number of benzene rings is 2. The fraction of sp³-hybridized carbons (Fsp3) is 0.250. The van der Waals surface area contributed by atoms with Crippen LogP contribution in [0.25, 0.3) is 22.8 Å². The van der Waals surface area contributed by atoms with E-state index in [1.807, 2.05) is 26.0 Å².